The van der Waals surface area contributed by atoms with Crippen LogP contribution >= 0.6 is 11.3 Å². The number of fused-ring (bicyclic) bond motifs is 1. The molecule has 2 heterocycles. The third kappa shape index (κ3) is 2.68. The third-order valence-corrected chi connectivity index (χ3v) is 5.75. The predicted molar refractivity (Wildman–Crippen MR) is 101 cm³/mol. The molecule has 1 aromatic heterocycles. The third-order valence-electron chi connectivity index (χ3n) is 4.82. The SMILES string of the molecule is CCC(=O)N1c2ccccc2NC2=C(C(=O)CCC2)C1c1cccs1. The van der Waals surface area contributed by atoms with Crippen LogP contribution in [0.15, 0.2) is 53.0 Å². The van der Waals surface area contributed by atoms with Gasteiger partial charge in [-0.25, -0.2) is 0 Å². The highest BCUT2D eigenvalue weighted by Gasteiger charge is 2.39. The molecule has 1 N–H and O–H groups in total. The first-order valence-corrected chi connectivity index (χ1v) is 9.56. The van der Waals surface area contributed by atoms with Gasteiger partial charge in [0, 0.05) is 29.0 Å². The first-order valence-electron chi connectivity index (χ1n) is 8.68. The summed E-state index contributed by atoms with van der Waals surface area (Å²) in [5.41, 5.74) is 3.46. The minimum absolute atomic E-state index is 0.0276. The number of hydrogen-bond acceptors (Lipinski definition) is 4. The quantitative estimate of drug-likeness (QED) is 0.855. The lowest BCUT2D eigenvalue weighted by Gasteiger charge is -2.32. The molecule has 128 valence electrons. The van der Waals surface area contributed by atoms with Gasteiger partial charge in [-0.1, -0.05) is 25.1 Å². The fourth-order valence-electron chi connectivity index (χ4n) is 3.70. The number of Topliss-reactive ketones (excluding diaryl/α,β-unsaturated/α-hetero) is 1. The molecule has 1 unspecified atom stereocenters. The standard InChI is InChI=1S/C20H20N2O2S/c1-2-18(24)22-15-9-4-3-7-13(15)21-14-8-5-10-16(23)19(14)20(22)17-11-6-12-25-17/h3-4,6-7,9,11-12,20-21H,2,5,8,10H2,1H3. The zero-order valence-corrected chi connectivity index (χ0v) is 14.9. The summed E-state index contributed by atoms with van der Waals surface area (Å²) in [5.74, 6) is 0.175. The average molecular weight is 352 g/mol. The number of nitrogens with zero attached hydrogens (tertiary/aromatic N) is 1. The van der Waals surface area contributed by atoms with Gasteiger partial charge in [-0.05, 0) is 36.4 Å². The van der Waals surface area contributed by atoms with Gasteiger partial charge in [0.05, 0.1) is 11.4 Å². The van der Waals surface area contributed by atoms with Crippen molar-refractivity contribution in [2.75, 3.05) is 10.2 Å². The molecule has 1 aromatic carbocycles. The van der Waals surface area contributed by atoms with E-state index in [4.69, 9.17) is 0 Å². The highest BCUT2D eigenvalue weighted by atomic mass is 32.1. The molecule has 2 aliphatic rings. The van der Waals surface area contributed by atoms with Gasteiger partial charge < -0.3 is 5.32 Å². The van der Waals surface area contributed by atoms with Crippen LogP contribution in [0.3, 0.4) is 0 Å². The van der Waals surface area contributed by atoms with E-state index >= 15 is 0 Å². The maximum Gasteiger partial charge on any atom is 0.227 e. The van der Waals surface area contributed by atoms with Crippen molar-refractivity contribution in [3.05, 3.63) is 57.9 Å². The summed E-state index contributed by atoms with van der Waals surface area (Å²) in [6.45, 7) is 1.87. The Morgan fingerprint density at radius 2 is 2.08 bits per heavy atom. The number of carbonyl (C=O) groups excluding carboxylic acids is 2. The molecule has 1 atom stereocenters. The molecule has 0 radical (unpaired) electrons. The number of allylic oxidation sites excluding steroid dienone is 1. The van der Waals surface area contributed by atoms with Gasteiger partial charge in [-0.2, -0.15) is 0 Å². The van der Waals surface area contributed by atoms with Gasteiger partial charge in [0.15, 0.2) is 5.78 Å². The average Bonchev–Trinajstić information content (AvgIpc) is 3.10. The molecule has 1 amide bonds. The van der Waals surface area contributed by atoms with Crippen molar-refractivity contribution >= 4 is 34.4 Å². The fraction of sp³-hybridized carbons (Fsp3) is 0.300. The zero-order valence-electron chi connectivity index (χ0n) is 14.1. The van der Waals surface area contributed by atoms with E-state index in [0.29, 0.717) is 12.8 Å². The van der Waals surface area contributed by atoms with Crippen LogP contribution in [0.2, 0.25) is 0 Å². The summed E-state index contributed by atoms with van der Waals surface area (Å²) in [6, 6.07) is 11.5. The van der Waals surface area contributed by atoms with Gasteiger partial charge >= 0.3 is 0 Å². The fourth-order valence-corrected chi connectivity index (χ4v) is 4.52. The number of rotatable bonds is 2. The van der Waals surface area contributed by atoms with Crippen molar-refractivity contribution < 1.29 is 9.59 Å². The summed E-state index contributed by atoms with van der Waals surface area (Å²) in [7, 11) is 0. The second kappa shape index (κ2) is 6.48. The van der Waals surface area contributed by atoms with Crippen LogP contribution in [-0.4, -0.2) is 11.7 Å². The lowest BCUT2D eigenvalue weighted by atomic mass is 9.88. The number of carbonyl (C=O) groups is 2. The lowest BCUT2D eigenvalue weighted by molar-refractivity contribution is -0.118. The van der Waals surface area contributed by atoms with E-state index in [2.05, 4.69) is 5.32 Å². The topological polar surface area (TPSA) is 49.4 Å². The smallest absolute Gasteiger partial charge is 0.227 e. The molecule has 0 spiro atoms. The Hall–Kier alpha value is -2.40. The van der Waals surface area contributed by atoms with E-state index in [9.17, 15) is 9.59 Å². The first kappa shape index (κ1) is 16.1. The summed E-state index contributed by atoms with van der Waals surface area (Å²) in [5, 5.41) is 5.46. The number of nitrogens with one attached hydrogen (secondary N) is 1. The number of thiophene rings is 1. The Bertz CT molecular complexity index is 854. The number of ketones is 1. The van der Waals surface area contributed by atoms with Crippen molar-refractivity contribution in [1.82, 2.24) is 0 Å². The monoisotopic (exact) mass is 352 g/mol. The molecule has 2 aromatic rings. The van der Waals surface area contributed by atoms with Gasteiger partial charge in [0.1, 0.15) is 6.04 Å². The summed E-state index contributed by atoms with van der Waals surface area (Å²) >= 11 is 1.59. The van der Waals surface area contributed by atoms with Gasteiger partial charge in [0.25, 0.3) is 0 Å². The van der Waals surface area contributed by atoms with Crippen molar-refractivity contribution in [1.29, 1.82) is 0 Å². The normalized spacial score (nSPS) is 19.8. The molecule has 4 nitrogen and oxygen atoms in total. The van der Waals surface area contributed by atoms with Gasteiger partial charge in [-0.15, -0.1) is 11.3 Å². The number of para-hydroxylation sites is 2. The molecular formula is C20H20N2O2S. The summed E-state index contributed by atoms with van der Waals surface area (Å²) < 4.78 is 0. The van der Waals surface area contributed by atoms with Crippen LogP contribution in [0.5, 0.6) is 0 Å². The number of amides is 1. The van der Waals surface area contributed by atoms with E-state index in [-0.39, 0.29) is 17.7 Å². The van der Waals surface area contributed by atoms with Crippen LogP contribution in [0.1, 0.15) is 43.5 Å². The minimum atomic E-state index is -0.341. The molecule has 0 saturated carbocycles. The molecule has 1 aliphatic carbocycles. The van der Waals surface area contributed by atoms with Crippen molar-refractivity contribution in [3.63, 3.8) is 0 Å². The lowest BCUT2D eigenvalue weighted by Crippen LogP contribution is -2.37. The van der Waals surface area contributed by atoms with Crippen molar-refractivity contribution in [2.45, 2.75) is 38.6 Å². The number of benzene rings is 1. The van der Waals surface area contributed by atoms with E-state index in [1.165, 1.54) is 0 Å². The van der Waals surface area contributed by atoms with Gasteiger partial charge in [0.2, 0.25) is 5.91 Å². The maximum absolute atomic E-state index is 12.9. The Kier molecular flexibility index (Phi) is 4.17. The van der Waals surface area contributed by atoms with Crippen LogP contribution in [0, 0.1) is 0 Å². The molecule has 0 saturated heterocycles. The molecule has 25 heavy (non-hydrogen) atoms. The Morgan fingerprint density at radius 1 is 1.24 bits per heavy atom. The Labute approximate surface area is 151 Å². The second-order valence-electron chi connectivity index (χ2n) is 6.35. The highest BCUT2D eigenvalue weighted by Crippen LogP contribution is 2.45. The minimum Gasteiger partial charge on any atom is -0.357 e. The number of anilines is 2. The molecule has 1 aliphatic heterocycles. The first-order chi connectivity index (χ1) is 12.2. The van der Waals surface area contributed by atoms with Crippen LogP contribution in [0.4, 0.5) is 11.4 Å². The van der Waals surface area contributed by atoms with E-state index in [1.54, 1.807) is 11.3 Å². The van der Waals surface area contributed by atoms with E-state index in [0.717, 1.165) is 40.4 Å². The summed E-state index contributed by atoms with van der Waals surface area (Å²) in [4.78, 5) is 28.7. The highest BCUT2D eigenvalue weighted by molar-refractivity contribution is 7.10. The molecule has 0 bridgehead atoms. The number of hydrogen-bond donors (Lipinski definition) is 1. The van der Waals surface area contributed by atoms with Gasteiger partial charge in [-0.3, -0.25) is 14.5 Å². The second-order valence-corrected chi connectivity index (χ2v) is 7.33. The van der Waals surface area contributed by atoms with Crippen LogP contribution < -0.4 is 10.2 Å². The molecule has 5 heteroatoms. The molecule has 4 rings (SSSR count). The zero-order chi connectivity index (χ0) is 17.4. The summed E-state index contributed by atoms with van der Waals surface area (Å²) in [6.07, 6.45) is 2.64. The molecule has 0 fully saturated rings. The molecular weight excluding hydrogens is 332 g/mol. The Morgan fingerprint density at radius 3 is 2.84 bits per heavy atom. The van der Waals surface area contributed by atoms with Crippen molar-refractivity contribution in [3.8, 4) is 0 Å². The van der Waals surface area contributed by atoms with E-state index < -0.39 is 0 Å². The van der Waals surface area contributed by atoms with Crippen LogP contribution in [-0.2, 0) is 9.59 Å². The predicted octanol–water partition coefficient (Wildman–Crippen LogP) is 4.67. The maximum atomic E-state index is 12.9. The van der Waals surface area contributed by atoms with E-state index in [1.807, 2.05) is 53.6 Å². The Balaban J connectivity index is 1.99. The van der Waals surface area contributed by atoms with Crippen molar-refractivity contribution in [2.24, 2.45) is 0 Å². The van der Waals surface area contributed by atoms with Crippen LogP contribution in [0.25, 0.3) is 0 Å². The largest absolute Gasteiger partial charge is 0.357 e.